The van der Waals surface area contributed by atoms with Gasteiger partial charge in [0.25, 0.3) is 0 Å². The molecule has 6 heteroatoms. The highest BCUT2D eigenvalue weighted by Gasteiger charge is 2.34. The van der Waals surface area contributed by atoms with E-state index in [1.807, 2.05) is 11.3 Å². The lowest BCUT2D eigenvalue weighted by molar-refractivity contribution is 1.76. The van der Waals surface area contributed by atoms with Crippen LogP contribution in [0.5, 0.6) is 0 Å². The van der Waals surface area contributed by atoms with E-state index in [4.69, 9.17) is 0 Å². The highest BCUT2D eigenvalue weighted by Crippen LogP contribution is 2.53. The Morgan fingerprint density at radius 3 is 1.89 bits per heavy atom. The molecule has 5 aromatic rings. The summed E-state index contributed by atoms with van der Waals surface area (Å²) in [4.78, 5) is 5.28. The van der Waals surface area contributed by atoms with Crippen LogP contribution in [0.3, 0.4) is 0 Å². The van der Waals surface area contributed by atoms with E-state index in [2.05, 4.69) is 87.9 Å². The third-order valence-electron chi connectivity index (χ3n) is 5.08. The Labute approximate surface area is 175 Å². The van der Waals surface area contributed by atoms with Crippen LogP contribution >= 0.6 is 34.0 Å². The minimum absolute atomic E-state index is 0.0837. The summed E-state index contributed by atoms with van der Waals surface area (Å²) in [6, 6.07) is 23.9. The summed E-state index contributed by atoms with van der Waals surface area (Å²) in [6.07, 6.45) is 0. The van der Waals surface area contributed by atoms with Gasteiger partial charge in [0.2, 0.25) is 0 Å². The quantitative estimate of drug-likeness (QED) is 0.326. The van der Waals surface area contributed by atoms with E-state index >= 15 is 0 Å². The molecule has 0 spiro atoms. The van der Waals surface area contributed by atoms with Crippen molar-refractivity contribution in [1.29, 1.82) is 0 Å². The van der Waals surface area contributed by atoms with E-state index < -0.39 is 0 Å². The second-order valence-corrected chi connectivity index (χ2v) is 9.71. The van der Waals surface area contributed by atoms with E-state index in [1.165, 1.54) is 47.1 Å². The first-order valence-electron chi connectivity index (χ1n) is 9.13. The van der Waals surface area contributed by atoms with E-state index in [0.29, 0.717) is 0 Å². The Hall–Kier alpha value is -2.54. The fourth-order valence-electron chi connectivity index (χ4n) is 3.75. The van der Waals surface area contributed by atoms with Crippen molar-refractivity contribution in [2.24, 2.45) is 0 Å². The lowest BCUT2D eigenvalue weighted by atomic mass is 9.69. The average Bonchev–Trinajstić information content (AvgIpc) is 3.51. The van der Waals surface area contributed by atoms with Crippen molar-refractivity contribution < 1.29 is 0 Å². The van der Waals surface area contributed by atoms with E-state index in [9.17, 15) is 0 Å². The SMILES string of the molecule is c1csc(-c2sc(-c3cccs3)c3c2NB(c2ccc4ccccc4c2)N3)c1. The van der Waals surface area contributed by atoms with Crippen LogP contribution in [0.15, 0.2) is 77.5 Å². The number of anilines is 2. The summed E-state index contributed by atoms with van der Waals surface area (Å²) in [6.45, 7) is 0.0837. The van der Waals surface area contributed by atoms with Crippen molar-refractivity contribution in [1.82, 2.24) is 0 Å². The van der Waals surface area contributed by atoms with Gasteiger partial charge in [0.15, 0.2) is 0 Å². The minimum atomic E-state index is 0.0837. The largest absolute Gasteiger partial charge is 0.406 e. The van der Waals surface area contributed by atoms with E-state index in [-0.39, 0.29) is 6.98 Å². The van der Waals surface area contributed by atoms with Crippen LogP contribution in [0.25, 0.3) is 30.3 Å². The molecule has 0 bridgehead atoms. The second kappa shape index (κ2) is 6.52. The van der Waals surface area contributed by atoms with Crippen LogP contribution in [0.1, 0.15) is 0 Å². The van der Waals surface area contributed by atoms with Crippen molar-refractivity contribution in [2.45, 2.75) is 0 Å². The van der Waals surface area contributed by atoms with Gasteiger partial charge in [0.05, 0.1) is 21.1 Å². The predicted octanol–water partition coefficient (Wildman–Crippen LogP) is 6.59. The summed E-state index contributed by atoms with van der Waals surface area (Å²) in [5, 5.41) is 14.4. The lowest BCUT2D eigenvalue weighted by Crippen LogP contribution is -2.42. The number of benzene rings is 2. The molecule has 4 heterocycles. The zero-order valence-electron chi connectivity index (χ0n) is 14.8. The van der Waals surface area contributed by atoms with E-state index in [0.717, 1.165) is 0 Å². The molecule has 0 atom stereocenters. The third-order valence-corrected chi connectivity index (χ3v) is 8.37. The Balaban J connectivity index is 1.45. The van der Waals surface area contributed by atoms with Crippen LogP contribution in [-0.2, 0) is 0 Å². The molecule has 134 valence electrons. The first-order chi connectivity index (χ1) is 13.9. The highest BCUT2D eigenvalue weighted by molar-refractivity contribution is 7.27. The van der Waals surface area contributed by atoms with Crippen molar-refractivity contribution in [3.63, 3.8) is 0 Å². The van der Waals surface area contributed by atoms with Gasteiger partial charge in [-0.15, -0.1) is 34.0 Å². The summed E-state index contributed by atoms with van der Waals surface area (Å²) < 4.78 is 0. The van der Waals surface area contributed by atoms with Gasteiger partial charge in [0.1, 0.15) is 0 Å². The molecule has 0 saturated heterocycles. The van der Waals surface area contributed by atoms with Gasteiger partial charge in [0, 0.05) is 9.75 Å². The van der Waals surface area contributed by atoms with Gasteiger partial charge in [-0.25, -0.2) is 0 Å². The molecule has 2 aromatic carbocycles. The fraction of sp³-hybridized carbons (Fsp3) is 0. The first-order valence-corrected chi connectivity index (χ1v) is 11.7. The van der Waals surface area contributed by atoms with Gasteiger partial charge >= 0.3 is 6.98 Å². The van der Waals surface area contributed by atoms with Gasteiger partial charge < -0.3 is 10.5 Å². The van der Waals surface area contributed by atoms with Crippen LogP contribution in [0.4, 0.5) is 11.4 Å². The Morgan fingerprint density at radius 2 is 1.29 bits per heavy atom. The van der Waals surface area contributed by atoms with Crippen molar-refractivity contribution in [3.8, 4) is 19.5 Å². The predicted molar refractivity (Wildman–Crippen MR) is 128 cm³/mol. The minimum Gasteiger partial charge on any atom is -0.403 e. The van der Waals surface area contributed by atoms with Gasteiger partial charge in [-0.1, -0.05) is 54.6 Å². The molecule has 0 aliphatic carbocycles. The molecule has 3 aromatic heterocycles. The first kappa shape index (κ1) is 16.4. The highest BCUT2D eigenvalue weighted by atomic mass is 32.1. The molecule has 0 fully saturated rings. The molecule has 2 nitrogen and oxygen atoms in total. The summed E-state index contributed by atoms with van der Waals surface area (Å²) >= 11 is 5.47. The third kappa shape index (κ3) is 2.60. The molecule has 1 aliphatic heterocycles. The maximum Gasteiger partial charge on any atom is 0.406 e. The molecular formula is C22H15BN2S3. The number of rotatable bonds is 3. The van der Waals surface area contributed by atoms with Crippen LogP contribution < -0.4 is 15.9 Å². The van der Waals surface area contributed by atoms with Crippen LogP contribution in [-0.4, -0.2) is 6.98 Å². The van der Waals surface area contributed by atoms with E-state index in [1.54, 1.807) is 22.7 Å². The molecule has 0 unspecified atom stereocenters. The van der Waals surface area contributed by atoms with Crippen LogP contribution in [0.2, 0.25) is 0 Å². The van der Waals surface area contributed by atoms with Gasteiger partial charge in [-0.2, -0.15) is 0 Å². The smallest absolute Gasteiger partial charge is 0.403 e. The Bertz CT molecular complexity index is 1210. The monoisotopic (exact) mass is 414 g/mol. The van der Waals surface area contributed by atoms with Crippen LogP contribution in [0, 0.1) is 0 Å². The van der Waals surface area contributed by atoms with Crippen molar-refractivity contribution in [3.05, 3.63) is 77.5 Å². The molecule has 0 radical (unpaired) electrons. The number of nitrogens with one attached hydrogen (secondary N) is 2. The Morgan fingerprint density at radius 1 is 0.643 bits per heavy atom. The zero-order valence-corrected chi connectivity index (χ0v) is 17.3. The topological polar surface area (TPSA) is 24.1 Å². The molecule has 0 saturated carbocycles. The molecule has 1 aliphatic rings. The summed E-state index contributed by atoms with van der Waals surface area (Å²) in [5.74, 6) is 0. The normalized spacial score (nSPS) is 12.8. The molecule has 2 N–H and O–H groups in total. The fourth-order valence-corrected chi connectivity index (χ4v) is 6.69. The molecule has 0 amide bonds. The maximum absolute atomic E-state index is 3.77. The standard InChI is InChI=1S/C22H15BN2S3/c1-2-6-15-13-16(10-9-14(15)5-1)23-24-19-20(25-23)22(18-8-4-12-27-18)28-21(19)17-7-3-11-26-17/h1-13,24-25H. The van der Waals surface area contributed by atoms with Gasteiger partial charge in [-0.05, 0) is 39.1 Å². The number of hydrogen-bond acceptors (Lipinski definition) is 5. The molecular weight excluding hydrogens is 399 g/mol. The molecule has 28 heavy (non-hydrogen) atoms. The number of fused-ring (bicyclic) bond motifs is 2. The van der Waals surface area contributed by atoms with Gasteiger partial charge in [-0.3, -0.25) is 0 Å². The number of thiophene rings is 3. The molecule has 6 rings (SSSR count). The lowest BCUT2D eigenvalue weighted by Gasteiger charge is -2.11. The zero-order chi connectivity index (χ0) is 18.5. The summed E-state index contributed by atoms with van der Waals surface area (Å²) in [7, 11) is 0. The summed E-state index contributed by atoms with van der Waals surface area (Å²) in [5.41, 5.74) is 3.72. The van der Waals surface area contributed by atoms with Crippen molar-refractivity contribution >= 4 is 68.6 Å². The Kier molecular flexibility index (Phi) is 3.82. The average molecular weight is 414 g/mol. The maximum atomic E-state index is 3.77. The number of hydrogen-bond donors (Lipinski definition) is 2. The van der Waals surface area contributed by atoms with Crippen molar-refractivity contribution in [2.75, 3.05) is 10.5 Å². The second-order valence-electron chi connectivity index (χ2n) is 6.79.